The Morgan fingerprint density at radius 1 is 0.919 bits per heavy atom. The second-order valence-electron chi connectivity index (χ2n) is 9.48. The molecule has 2 aliphatic rings. The molecule has 1 fully saturated rings. The van der Waals surface area contributed by atoms with Crippen LogP contribution >= 0.6 is 0 Å². The maximum absolute atomic E-state index is 13.7. The highest BCUT2D eigenvalue weighted by Crippen LogP contribution is 2.36. The third-order valence-corrected chi connectivity index (χ3v) is 7.02. The molecule has 1 heterocycles. The van der Waals surface area contributed by atoms with Gasteiger partial charge >= 0.3 is 5.97 Å². The molecule has 6 nitrogen and oxygen atoms in total. The summed E-state index contributed by atoms with van der Waals surface area (Å²) in [6.45, 7) is 0.725. The molecular formula is C31H31NO5. The number of carbonyl (C=O) groups excluding carboxylic acids is 2. The molecule has 3 aromatic carbocycles. The lowest BCUT2D eigenvalue weighted by molar-refractivity contribution is -0.134. The molecule has 5 rings (SSSR count). The molecule has 1 saturated carbocycles. The van der Waals surface area contributed by atoms with Crippen LogP contribution in [0.3, 0.4) is 0 Å². The minimum Gasteiger partial charge on any atom is -0.466 e. The summed E-state index contributed by atoms with van der Waals surface area (Å²) in [5.41, 5.74) is 4.83. The van der Waals surface area contributed by atoms with Crippen molar-refractivity contribution in [2.24, 2.45) is 5.92 Å². The van der Waals surface area contributed by atoms with Crippen LogP contribution in [-0.2, 0) is 20.9 Å². The highest BCUT2D eigenvalue weighted by molar-refractivity contribution is 5.95. The van der Waals surface area contributed by atoms with Gasteiger partial charge in [-0.2, -0.15) is 0 Å². The standard InChI is InChI=1S/C31H31NO5/c1-35-30(33)17-12-22-6-5-9-27(18-22)32(31(34)25-7-3-2-4-8-25)20-23-10-13-24(14-11-23)26-15-16-28-29(19-26)37-21-36-28/h5-6,9-19,25H,2-4,7-8,20-21H2,1H3. The Balaban J connectivity index is 1.39. The predicted molar refractivity (Wildman–Crippen MR) is 143 cm³/mol. The van der Waals surface area contributed by atoms with Gasteiger partial charge in [-0.25, -0.2) is 4.79 Å². The maximum atomic E-state index is 13.7. The molecule has 0 N–H and O–H groups in total. The first-order valence-corrected chi connectivity index (χ1v) is 12.8. The second-order valence-corrected chi connectivity index (χ2v) is 9.48. The summed E-state index contributed by atoms with van der Waals surface area (Å²) in [6, 6.07) is 22.0. The molecule has 37 heavy (non-hydrogen) atoms. The average molecular weight is 498 g/mol. The van der Waals surface area contributed by atoms with Gasteiger partial charge in [0.2, 0.25) is 12.7 Å². The van der Waals surface area contributed by atoms with E-state index in [1.54, 1.807) is 6.08 Å². The molecule has 0 atom stereocenters. The van der Waals surface area contributed by atoms with E-state index in [0.717, 1.165) is 65.1 Å². The van der Waals surface area contributed by atoms with Crippen molar-refractivity contribution in [3.8, 4) is 22.6 Å². The van der Waals surface area contributed by atoms with E-state index >= 15 is 0 Å². The van der Waals surface area contributed by atoms with Crippen LogP contribution in [0, 0.1) is 5.92 Å². The number of amides is 1. The Morgan fingerprint density at radius 3 is 2.46 bits per heavy atom. The first-order chi connectivity index (χ1) is 18.1. The molecule has 190 valence electrons. The Hall–Kier alpha value is -4.06. The molecule has 0 radical (unpaired) electrons. The lowest BCUT2D eigenvalue weighted by Crippen LogP contribution is -2.36. The number of benzene rings is 3. The number of nitrogens with zero attached hydrogens (tertiary/aromatic N) is 1. The summed E-state index contributed by atoms with van der Waals surface area (Å²) < 4.78 is 15.6. The summed E-state index contributed by atoms with van der Waals surface area (Å²) >= 11 is 0. The van der Waals surface area contributed by atoms with Gasteiger partial charge in [-0.15, -0.1) is 0 Å². The molecule has 6 heteroatoms. The van der Waals surface area contributed by atoms with Gasteiger partial charge < -0.3 is 19.1 Å². The van der Waals surface area contributed by atoms with Gasteiger partial charge in [0.25, 0.3) is 0 Å². The van der Waals surface area contributed by atoms with E-state index in [1.165, 1.54) is 19.6 Å². The van der Waals surface area contributed by atoms with Crippen LogP contribution in [0.15, 0.2) is 72.8 Å². The Morgan fingerprint density at radius 2 is 1.68 bits per heavy atom. The number of fused-ring (bicyclic) bond motifs is 1. The highest BCUT2D eigenvalue weighted by atomic mass is 16.7. The summed E-state index contributed by atoms with van der Waals surface area (Å²) in [5.74, 6) is 1.31. The van der Waals surface area contributed by atoms with Crippen molar-refractivity contribution < 1.29 is 23.8 Å². The number of hydrogen-bond acceptors (Lipinski definition) is 5. The van der Waals surface area contributed by atoms with E-state index < -0.39 is 5.97 Å². The number of hydrogen-bond donors (Lipinski definition) is 0. The van der Waals surface area contributed by atoms with Crippen molar-refractivity contribution in [3.63, 3.8) is 0 Å². The molecule has 1 aliphatic heterocycles. The third-order valence-electron chi connectivity index (χ3n) is 7.02. The molecule has 3 aromatic rings. The SMILES string of the molecule is COC(=O)C=Cc1cccc(N(Cc2ccc(-c3ccc4c(c3)OCO4)cc2)C(=O)C2CCCCC2)c1. The average Bonchev–Trinajstić information content (AvgIpc) is 3.43. The molecule has 0 bridgehead atoms. The van der Waals surface area contributed by atoms with E-state index in [0.29, 0.717) is 6.54 Å². The molecule has 1 amide bonds. The largest absolute Gasteiger partial charge is 0.466 e. The topological polar surface area (TPSA) is 65.1 Å². The van der Waals surface area contributed by atoms with Gasteiger partial charge in [-0.1, -0.05) is 61.7 Å². The quantitative estimate of drug-likeness (QED) is 0.280. The minimum atomic E-state index is -0.414. The van der Waals surface area contributed by atoms with Crippen molar-refractivity contribution >= 4 is 23.6 Å². The molecule has 0 unspecified atom stereocenters. The van der Waals surface area contributed by atoms with Gasteiger partial charge in [-0.3, -0.25) is 4.79 Å². The van der Waals surface area contributed by atoms with E-state index in [9.17, 15) is 9.59 Å². The number of anilines is 1. The number of rotatable bonds is 7. The fourth-order valence-corrected chi connectivity index (χ4v) is 4.96. The monoisotopic (exact) mass is 497 g/mol. The number of carbonyl (C=O) groups is 2. The van der Waals surface area contributed by atoms with E-state index in [1.807, 2.05) is 47.4 Å². The number of esters is 1. The van der Waals surface area contributed by atoms with Crippen molar-refractivity contribution in [1.82, 2.24) is 0 Å². The molecule has 1 aliphatic carbocycles. The fraction of sp³-hybridized carbons (Fsp3) is 0.290. The Kier molecular flexibility index (Phi) is 7.54. The summed E-state index contributed by atoms with van der Waals surface area (Å²) in [7, 11) is 1.35. The second kappa shape index (κ2) is 11.3. The fourth-order valence-electron chi connectivity index (χ4n) is 4.96. The smallest absolute Gasteiger partial charge is 0.330 e. The lowest BCUT2D eigenvalue weighted by Gasteiger charge is -2.30. The van der Waals surface area contributed by atoms with E-state index in [-0.39, 0.29) is 18.6 Å². The normalized spacial score (nSPS) is 15.1. The van der Waals surface area contributed by atoms with Gasteiger partial charge in [-0.05, 0) is 65.4 Å². The first kappa shape index (κ1) is 24.6. The maximum Gasteiger partial charge on any atom is 0.330 e. The van der Waals surface area contributed by atoms with Crippen molar-refractivity contribution in [1.29, 1.82) is 0 Å². The van der Waals surface area contributed by atoms with Gasteiger partial charge in [0.05, 0.1) is 13.7 Å². The molecule has 0 saturated heterocycles. The third kappa shape index (κ3) is 5.85. The number of ether oxygens (including phenoxy) is 3. The van der Waals surface area contributed by atoms with Crippen molar-refractivity contribution in [2.75, 3.05) is 18.8 Å². The molecule has 0 aromatic heterocycles. The van der Waals surface area contributed by atoms with E-state index in [2.05, 4.69) is 24.3 Å². The Labute approximate surface area is 217 Å². The van der Waals surface area contributed by atoms with Crippen LogP contribution in [0.4, 0.5) is 5.69 Å². The summed E-state index contributed by atoms with van der Waals surface area (Å²) in [6.07, 6.45) is 8.34. The van der Waals surface area contributed by atoms with Crippen molar-refractivity contribution in [3.05, 3.63) is 83.9 Å². The first-order valence-electron chi connectivity index (χ1n) is 12.8. The Bertz CT molecular complexity index is 1290. The molecule has 0 spiro atoms. The van der Waals surface area contributed by atoms with Crippen LogP contribution in [0.5, 0.6) is 11.5 Å². The van der Waals surface area contributed by atoms with Gasteiger partial charge in [0, 0.05) is 17.7 Å². The highest BCUT2D eigenvalue weighted by Gasteiger charge is 2.27. The zero-order chi connectivity index (χ0) is 25.6. The zero-order valence-corrected chi connectivity index (χ0v) is 21.0. The molecular weight excluding hydrogens is 466 g/mol. The van der Waals surface area contributed by atoms with Crippen LogP contribution in [-0.4, -0.2) is 25.8 Å². The van der Waals surface area contributed by atoms with Crippen molar-refractivity contribution in [2.45, 2.75) is 38.6 Å². The minimum absolute atomic E-state index is 0.0379. The van der Waals surface area contributed by atoms with Crippen LogP contribution in [0.1, 0.15) is 43.2 Å². The predicted octanol–water partition coefficient (Wildman–Crippen LogP) is 6.38. The summed E-state index contributed by atoms with van der Waals surface area (Å²) in [4.78, 5) is 27.2. The number of methoxy groups -OCH3 is 1. The van der Waals surface area contributed by atoms with Gasteiger partial charge in [0.1, 0.15) is 0 Å². The van der Waals surface area contributed by atoms with Crippen LogP contribution < -0.4 is 14.4 Å². The lowest BCUT2D eigenvalue weighted by atomic mass is 9.88. The van der Waals surface area contributed by atoms with Gasteiger partial charge in [0.15, 0.2) is 11.5 Å². The van der Waals surface area contributed by atoms with Crippen LogP contribution in [0.2, 0.25) is 0 Å². The van der Waals surface area contributed by atoms with Crippen LogP contribution in [0.25, 0.3) is 17.2 Å². The summed E-state index contributed by atoms with van der Waals surface area (Å²) in [5, 5.41) is 0. The van der Waals surface area contributed by atoms with E-state index in [4.69, 9.17) is 14.2 Å². The zero-order valence-electron chi connectivity index (χ0n) is 21.0.